The second kappa shape index (κ2) is 6.76. The van der Waals surface area contributed by atoms with E-state index in [1.54, 1.807) is 16.8 Å². The Morgan fingerprint density at radius 1 is 1.29 bits per heavy atom. The molecule has 0 spiro atoms. The third-order valence-electron chi connectivity index (χ3n) is 2.92. The number of urea groups is 1. The number of nitrogens with zero attached hydrogens (tertiary/aromatic N) is 3. The van der Waals surface area contributed by atoms with Gasteiger partial charge in [0.2, 0.25) is 0 Å². The van der Waals surface area contributed by atoms with E-state index in [-0.39, 0.29) is 6.03 Å². The molecule has 2 amide bonds. The topological polar surface area (TPSA) is 38.8 Å². The van der Waals surface area contributed by atoms with Gasteiger partial charge in [-0.15, -0.1) is 0 Å². The number of amides is 2. The van der Waals surface area contributed by atoms with Crippen LogP contribution in [0.2, 0.25) is 0 Å². The second-order valence-electron chi connectivity index (χ2n) is 4.60. The van der Waals surface area contributed by atoms with Crippen LogP contribution >= 0.6 is 12.2 Å². The zero-order valence-electron chi connectivity index (χ0n) is 10.9. The largest absolute Gasteiger partial charge is 0.355 e. The van der Waals surface area contributed by atoms with Crippen LogP contribution in [0.4, 0.5) is 4.79 Å². The first-order chi connectivity index (χ1) is 8.00. The lowest BCUT2D eigenvalue weighted by molar-refractivity contribution is 0.204. The summed E-state index contributed by atoms with van der Waals surface area (Å²) in [6.07, 6.45) is 2.56. The number of nitrogens with one attached hydrogen (secondary N) is 1. The number of likely N-dealkylation sites (tertiary alicyclic amines) is 1. The molecular formula is C11H22N4OS. The number of carbonyl (C=O) groups is 1. The van der Waals surface area contributed by atoms with Crippen LogP contribution in [0.5, 0.6) is 0 Å². The normalized spacial score (nSPS) is 15.7. The summed E-state index contributed by atoms with van der Waals surface area (Å²) in [5.74, 6) is 0. The molecular weight excluding hydrogens is 236 g/mol. The molecule has 1 aliphatic rings. The van der Waals surface area contributed by atoms with Crippen LogP contribution in [0, 0.1) is 0 Å². The highest BCUT2D eigenvalue weighted by molar-refractivity contribution is 7.80. The lowest BCUT2D eigenvalue weighted by Gasteiger charge is -2.23. The fraction of sp³-hybridized carbons (Fsp3) is 0.818. The molecule has 0 aromatic rings. The van der Waals surface area contributed by atoms with Crippen LogP contribution in [0.1, 0.15) is 12.8 Å². The maximum atomic E-state index is 11.7. The number of carbonyl (C=O) groups excluding carboxylic acids is 1. The Morgan fingerprint density at radius 2 is 1.88 bits per heavy atom. The van der Waals surface area contributed by atoms with Crippen molar-refractivity contribution in [3.63, 3.8) is 0 Å². The van der Waals surface area contributed by atoms with Crippen molar-refractivity contribution in [3.05, 3.63) is 0 Å². The van der Waals surface area contributed by atoms with Crippen molar-refractivity contribution in [1.29, 1.82) is 0 Å². The van der Waals surface area contributed by atoms with E-state index in [2.05, 4.69) is 10.2 Å². The van der Waals surface area contributed by atoms with E-state index in [1.807, 2.05) is 14.1 Å². The molecule has 0 aromatic heterocycles. The Bertz CT molecular complexity index is 277. The molecule has 0 saturated carbocycles. The van der Waals surface area contributed by atoms with Crippen LogP contribution in [-0.4, -0.2) is 73.2 Å². The van der Waals surface area contributed by atoms with Crippen molar-refractivity contribution >= 4 is 23.4 Å². The third-order valence-corrected chi connectivity index (χ3v) is 3.38. The summed E-state index contributed by atoms with van der Waals surface area (Å²) in [5.41, 5.74) is 0. The molecule has 1 saturated heterocycles. The van der Waals surface area contributed by atoms with Gasteiger partial charge in [-0.1, -0.05) is 0 Å². The average molecular weight is 258 g/mol. The van der Waals surface area contributed by atoms with E-state index in [4.69, 9.17) is 12.2 Å². The molecule has 0 unspecified atom stereocenters. The summed E-state index contributed by atoms with van der Waals surface area (Å²) in [7, 11) is 5.42. The third kappa shape index (κ3) is 4.87. The molecule has 1 heterocycles. The van der Waals surface area contributed by atoms with Gasteiger partial charge in [0.25, 0.3) is 0 Å². The molecule has 0 aromatic carbocycles. The van der Waals surface area contributed by atoms with Crippen molar-refractivity contribution in [1.82, 2.24) is 20.0 Å². The average Bonchev–Trinajstić information content (AvgIpc) is 2.78. The van der Waals surface area contributed by atoms with E-state index >= 15 is 0 Å². The Morgan fingerprint density at radius 3 is 2.41 bits per heavy atom. The van der Waals surface area contributed by atoms with Crippen LogP contribution in [0.25, 0.3) is 0 Å². The second-order valence-corrected chi connectivity index (χ2v) is 4.99. The fourth-order valence-corrected chi connectivity index (χ4v) is 1.79. The van der Waals surface area contributed by atoms with Crippen molar-refractivity contribution < 1.29 is 4.79 Å². The minimum atomic E-state index is -0.136. The number of likely N-dealkylation sites (N-methyl/N-ethyl adjacent to an activating group) is 1. The Kier molecular flexibility index (Phi) is 5.64. The number of hydrogen-bond donors (Lipinski definition) is 1. The SMILES string of the molecule is CN(C)C(=S)NC(=O)N(C)CCN1CCCC1. The molecule has 5 nitrogen and oxygen atoms in total. The lowest BCUT2D eigenvalue weighted by atomic mass is 10.4. The minimum Gasteiger partial charge on any atom is -0.355 e. The summed E-state index contributed by atoms with van der Waals surface area (Å²) in [4.78, 5) is 17.5. The van der Waals surface area contributed by atoms with Gasteiger partial charge in [0.15, 0.2) is 5.11 Å². The maximum Gasteiger partial charge on any atom is 0.323 e. The molecule has 1 rings (SSSR count). The molecule has 1 N–H and O–H groups in total. The van der Waals surface area contributed by atoms with Crippen LogP contribution < -0.4 is 5.32 Å². The van der Waals surface area contributed by atoms with E-state index in [1.165, 1.54) is 12.8 Å². The van der Waals surface area contributed by atoms with Gasteiger partial charge in [-0.25, -0.2) is 4.79 Å². The summed E-state index contributed by atoms with van der Waals surface area (Å²) < 4.78 is 0. The highest BCUT2D eigenvalue weighted by Gasteiger charge is 2.15. The van der Waals surface area contributed by atoms with Crippen molar-refractivity contribution in [2.75, 3.05) is 47.3 Å². The zero-order chi connectivity index (χ0) is 12.8. The molecule has 1 aliphatic heterocycles. The predicted molar refractivity (Wildman–Crippen MR) is 73.1 cm³/mol. The molecule has 1 fully saturated rings. The summed E-state index contributed by atoms with van der Waals surface area (Å²) in [5, 5.41) is 3.13. The molecule has 0 atom stereocenters. The first kappa shape index (κ1) is 14.2. The van der Waals surface area contributed by atoms with Crippen molar-refractivity contribution in [2.24, 2.45) is 0 Å². The van der Waals surface area contributed by atoms with Gasteiger partial charge >= 0.3 is 6.03 Å². The summed E-state index contributed by atoms with van der Waals surface area (Å²) in [6, 6.07) is -0.136. The van der Waals surface area contributed by atoms with E-state index in [0.29, 0.717) is 5.11 Å². The lowest BCUT2D eigenvalue weighted by Crippen LogP contribution is -2.46. The predicted octanol–water partition coefficient (Wildman–Crippen LogP) is 0.570. The Balaban J connectivity index is 2.23. The fourth-order valence-electron chi connectivity index (χ4n) is 1.70. The molecule has 6 heteroatoms. The van der Waals surface area contributed by atoms with Crippen molar-refractivity contribution in [3.8, 4) is 0 Å². The van der Waals surface area contributed by atoms with Crippen LogP contribution in [0.15, 0.2) is 0 Å². The highest BCUT2D eigenvalue weighted by atomic mass is 32.1. The van der Waals surface area contributed by atoms with E-state index in [9.17, 15) is 4.79 Å². The number of hydrogen-bond acceptors (Lipinski definition) is 3. The first-order valence-electron chi connectivity index (χ1n) is 5.96. The Labute approximate surface area is 109 Å². The zero-order valence-corrected chi connectivity index (χ0v) is 11.7. The van der Waals surface area contributed by atoms with E-state index in [0.717, 1.165) is 26.2 Å². The Hall–Kier alpha value is -0.880. The van der Waals surface area contributed by atoms with Crippen LogP contribution in [0.3, 0.4) is 0 Å². The van der Waals surface area contributed by atoms with Gasteiger partial charge < -0.3 is 14.7 Å². The molecule has 98 valence electrons. The van der Waals surface area contributed by atoms with Gasteiger partial charge in [-0.2, -0.15) is 0 Å². The molecule has 0 radical (unpaired) electrons. The highest BCUT2D eigenvalue weighted by Crippen LogP contribution is 2.06. The minimum absolute atomic E-state index is 0.136. The van der Waals surface area contributed by atoms with Gasteiger partial charge in [0, 0.05) is 34.2 Å². The van der Waals surface area contributed by atoms with Gasteiger partial charge in [-0.3, -0.25) is 5.32 Å². The first-order valence-corrected chi connectivity index (χ1v) is 6.37. The number of rotatable bonds is 3. The van der Waals surface area contributed by atoms with Gasteiger partial charge in [0.1, 0.15) is 0 Å². The smallest absolute Gasteiger partial charge is 0.323 e. The maximum absolute atomic E-state index is 11.7. The standard InChI is InChI=1S/C11H22N4OS/c1-13(2)11(17)12-10(16)14(3)8-9-15-6-4-5-7-15/h4-9H2,1-3H3,(H,12,16,17). The van der Waals surface area contributed by atoms with Gasteiger partial charge in [0.05, 0.1) is 0 Å². The van der Waals surface area contributed by atoms with Gasteiger partial charge in [-0.05, 0) is 38.1 Å². The van der Waals surface area contributed by atoms with E-state index < -0.39 is 0 Å². The monoisotopic (exact) mass is 258 g/mol. The quantitative estimate of drug-likeness (QED) is 0.751. The summed E-state index contributed by atoms with van der Waals surface area (Å²) in [6.45, 7) is 4.00. The van der Waals surface area contributed by atoms with Crippen molar-refractivity contribution in [2.45, 2.75) is 12.8 Å². The summed E-state index contributed by atoms with van der Waals surface area (Å²) >= 11 is 5.02. The molecule has 17 heavy (non-hydrogen) atoms. The molecule has 0 aliphatic carbocycles. The van der Waals surface area contributed by atoms with Crippen LogP contribution in [-0.2, 0) is 0 Å². The molecule has 0 bridgehead atoms. The number of thiocarbonyl (C=S) groups is 1.